The first-order valence-electron chi connectivity index (χ1n) is 19.2. The van der Waals surface area contributed by atoms with E-state index in [0.717, 1.165) is 91.3 Å². The number of fused-ring (bicyclic) bond motifs is 4. The summed E-state index contributed by atoms with van der Waals surface area (Å²) in [5.74, 6) is 10.8. The second-order valence-electron chi connectivity index (χ2n) is 18.1. The van der Waals surface area contributed by atoms with Crippen LogP contribution in [0.25, 0.3) is 0 Å². The molecule has 3 heteroatoms. The molecule has 6 saturated carbocycles. The van der Waals surface area contributed by atoms with Gasteiger partial charge in [-0.3, -0.25) is 0 Å². The van der Waals surface area contributed by atoms with Gasteiger partial charge in [-0.2, -0.15) is 23.5 Å². The van der Waals surface area contributed by atoms with E-state index in [1.807, 2.05) is 0 Å². The van der Waals surface area contributed by atoms with Crippen molar-refractivity contribution in [1.82, 2.24) is 0 Å². The Morgan fingerprint density at radius 2 is 0.829 bits per heavy atom. The van der Waals surface area contributed by atoms with E-state index < -0.39 is 8.07 Å². The van der Waals surface area contributed by atoms with E-state index >= 15 is 0 Å². The summed E-state index contributed by atoms with van der Waals surface area (Å²) in [5, 5.41) is 4.17. The number of rotatable bonds is 4. The molecule has 6 aliphatic carbocycles. The van der Waals surface area contributed by atoms with Crippen LogP contribution in [0.5, 0.6) is 0 Å². The van der Waals surface area contributed by atoms with E-state index in [9.17, 15) is 0 Å². The monoisotopic (exact) mass is 612 g/mol. The maximum absolute atomic E-state index is 2.98. The van der Waals surface area contributed by atoms with Gasteiger partial charge in [0.25, 0.3) is 0 Å². The van der Waals surface area contributed by atoms with Crippen LogP contribution in [0, 0.1) is 59.2 Å². The Kier molecular flexibility index (Phi) is 8.31. The van der Waals surface area contributed by atoms with Gasteiger partial charge in [-0.1, -0.05) is 78.3 Å². The van der Waals surface area contributed by atoms with E-state index in [2.05, 4.69) is 50.5 Å². The van der Waals surface area contributed by atoms with Crippen LogP contribution in [0.2, 0.25) is 24.2 Å². The number of thioether (sulfide) groups is 2. The molecule has 2 aliphatic heterocycles. The zero-order valence-corrected chi connectivity index (χ0v) is 29.9. The van der Waals surface area contributed by atoms with Crippen LogP contribution in [0.1, 0.15) is 129 Å². The second kappa shape index (κ2) is 11.6. The summed E-state index contributed by atoms with van der Waals surface area (Å²) < 4.78 is 0. The average Bonchev–Trinajstić information content (AvgIpc) is 3.73. The van der Waals surface area contributed by atoms with Crippen molar-refractivity contribution < 1.29 is 0 Å². The molecule has 16 atom stereocenters. The third kappa shape index (κ3) is 5.04. The van der Waals surface area contributed by atoms with Gasteiger partial charge in [-0.15, -0.1) is 0 Å². The standard InChI is InChI=1S/C38H64S2Si/c1-23-19-31-27(35-21-25-11-5-7-17-33(25)39-35)13-9-15-29(31)37(23)41(3,4)38-24(2)20-32-28(14-10-16-30(32)38)36-22-26-12-6-8-18-34(26)40-36/h23-38H,5-22H2,1-4H3. The third-order valence-electron chi connectivity index (χ3n) is 15.9. The van der Waals surface area contributed by atoms with Gasteiger partial charge in [-0.25, -0.2) is 0 Å². The lowest BCUT2D eigenvalue weighted by Crippen LogP contribution is -2.47. The summed E-state index contributed by atoms with van der Waals surface area (Å²) in [4.78, 5) is 0. The van der Waals surface area contributed by atoms with Crippen molar-refractivity contribution in [2.45, 2.75) is 175 Å². The molecule has 0 aromatic carbocycles. The van der Waals surface area contributed by atoms with Gasteiger partial charge in [0, 0.05) is 21.0 Å². The Balaban J connectivity index is 0.998. The second-order valence-corrected chi connectivity index (χ2v) is 26.1. The Hall–Kier alpha value is 0.917. The van der Waals surface area contributed by atoms with E-state index in [1.54, 1.807) is 89.9 Å². The highest BCUT2D eigenvalue weighted by atomic mass is 32.2. The molecule has 16 unspecified atom stereocenters. The van der Waals surface area contributed by atoms with Crippen molar-refractivity contribution in [1.29, 1.82) is 0 Å². The van der Waals surface area contributed by atoms with Gasteiger partial charge in [0.15, 0.2) is 0 Å². The normalized spacial score (nSPS) is 55.3. The molecule has 0 amide bonds. The fraction of sp³-hybridized carbons (Fsp3) is 1.00. The summed E-state index contributed by atoms with van der Waals surface area (Å²) in [6, 6.07) is 0. The quantitative estimate of drug-likeness (QED) is 0.290. The first-order valence-corrected chi connectivity index (χ1v) is 24.2. The van der Waals surface area contributed by atoms with Crippen molar-refractivity contribution in [2.75, 3.05) is 0 Å². The maximum atomic E-state index is 2.98. The summed E-state index contributed by atoms with van der Waals surface area (Å²) in [7, 11) is -1.39. The molecule has 8 rings (SSSR count). The van der Waals surface area contributed by atoms with Gasteiger partial charge in [-0.05, 0) is 134 Å². The fourth-order valence-electron chi connectivity index (χ4n) is 14.9. The minimum atomic E-state index is -1.39. The topological polar surface area (TPSA) is 0 Å². The molecule has 0 N–H and O–H groups in total. The molecule has 0 aromatic rings. The molecule has 41 heavy (non-hydrogen) atoms. The van der Waals surface area contributed by atoms with Gasteiger partial charge in [0.1, 0.15) is 0 Å². The predicted molar refractivity (Wildman–Crippen MR) is 185 cm³/mol. The average molecular weight is 613 g/mol. The van der Waals surface area contributed by atoms with Crippen molar-refractivity contribution in [3.8, 4) is 0 Å². The summed E-state index contributed by atoms with van der Waals surface area (Å²) in [6.07, 6.45) is 28.3. The fourth-order valence-corrected chi connectivity index (χ4v) is 25.8. The first-order chi connectivity index (χ1) is 19.9. The molecular weight excluding hydrogens is 549 g/mol. The summed E-state index contributed by atoms with van der Waals surface area (Å²) >= 11 is 5.06. The first kappa shape index (κ1) is 29.3. The van der Waals surface area contributed by atoms with E-state index in [-0.39, 0.29) is 0 Å². The zero-order chi connectivity index (χ0) is 27.9. The molecular formula is C38H64S2Si. The van der Waals surface area contributed by atoms with Gasteiger partial charge in [0.2, 0.25) is 0 Å². The van der Waals surface area contributed by atoms with Crippen molar-refractivity contribution in [2.24, 2.45) is 59.2 Å². The van der Waals surface area contributed by atoms with Crippen molar-refractivity contribution >= 4 is 31.6 Å². The highest BCUT2D eigenvalue weighted by Gasteiger charge is 2.61. The van der Waals surface area contributed by atoms with Crippen LogP contribution < -0.4 is 0 Å². The summed E-state index contributed by atoms with van der Waals surface area (Å²) in [5.41, 5.74) is 2.25. The molecule has 2 heterocycles. The lowest BCUT2D eigenvalue weighted by Gasteiger charge is -2.49. The SMILES string of the molecule is CC1CC2C(C3CC4CCCCC4S3)CCCC2C1[Si](C)(C)C1C(C)CC2C(C3CC4CCCCC4S3)CCCC21. The largest absolute Gasteiger partial charge is 0.155 e. The molecule has 0 bridgehead atoms. The Morgan fingerprint density at radius 1 is 0.415 bits per heavy atom. The third-order valence-corrected chi connectivity index (χ3v) is 25.1. The molecule has 2 saturated heterocycles. The van der Waals surface area contributed by atoms with E-state index in [4.69, 9.17) is 0 Å². The molecule has 8 fully saturated rings. The lowest BCUT2D eigenvalue weighted by atomic mass is 9.70. The maximum Gasteiger partial charge on any atom is 0.0546 e. The number of hydrogen-bond acceptors (Lipinski definition) is 2. The van der Waals surface area contributed by atoms with Gasteiger partial charge >= 0.3 is 0 Å². The molecule has 0 radical (unpaired) electrons. The Bertz CT molecular complexity index is 833. The van der Waals surface area contributed by atoms with Gasteiger partial charge in [0.05, 0.1) is 8.07 Å². The lowest BCUT2D eigenvalue weighted by molar-refractivity contribution is 0.164. The molecule has 8 aliphatic rings. The molecule has 0 aromatic heterocycles. The minimum Gasteiger partial charge on any atom is -0.155 e. The van der Waals surface area contributed by atoms with Crippen LogP contribution in [-0.4, -0.2) is 29.1 Å². The molecule has 232 valence electrons. The van der Waals surface area contributed by atoms with E-state index in [0.29, 0.717) is 0 Å². The minimum absolute atomic E-state index is 1.01. The molecule has 0 nitrogen and oxygen atoms in total. The number of hydrogen-bond donors (Lipinski definition) is 0. The summed E-state index contributed by atoms with van der Waals surface area (Å²) in [6.45, 7) is 11.5. The zero-order valence-electron chi connectivity index (χ0n) is 27.3. The Labute approximate surface area is 264 Å². The molecule has 0 spiro atoms. The van der Waals surface area contributed by atoms with Crippen LogP contribution >= 0.6 is 23.5 Å². The smallest absolute Gasteiger partial charge is 0.0546 e. The van der Waals surface area contributed by atoms with Crippen LogP contribution in [0.3, 0.4) is 0 Å². The van der Waals surface area contributed by atoms with Crippen molar-refractivity contribution in [3.05, 3.63) is 0 Å². The Morgan fingerprint density at radius 3 is 1.27 bits per heavy atom. The highest BCUT2D eigenvalue weighted by molar-refractivity contribution is 8.01. The van der Waals surface area contributed by atoms with Crippen molar-refractivity contribution in [3.63, 3.8) is 0 Å². The van der Waals surface area contributed by atoms with E-state index in [1.165, 1.54) is 25.7 Å². The van der Waals surface area contributed by atoms with Gasteiger partial charge < -0.3 is 0 Å². The van der Waals surface area contributed by atoms with Crippen LogP contribution in [0.4, 0.5) is 0 Å². The van der Waals surface area contributed by atoms with Crippen LogP contribution in [-0.2, 0) is 0 Å². The highest BCUT2D eigenvalue weighted by Crippen LogP contribution is 2.68. The predicted octanol–water partition coefficient (Wildman–Crippen LogP) is 11.7. The van der Waals surface area contributed by atoms with Crippen LogP contribution in [0.15, 0.2) is 0 Å².